The molecule has 6 nitrogen and oxygen atoms in total. The number of rotatable bonds is 6. The summed E-state index contributed by atoms with van der Waals surface area (Å²) >= 11 is 6.22. The van der Waals surface area contributed by atoms with E-state index in [2.05, 4.69) is 25.1 Å². The molecule has 5 unspecified atom stereocenters. The van der Waals surface area contributed by atoms with E-state index >= 15 is 0 Å². The van der Waals surface area contributed by atoms with Crippen LogP contribution in [0.15, 0.2) is 24.3 Å². The van der Waals surface area contributed by atoms with Gasteiger partial charge in [0, 0.05) is 10.6 Å². The summed E-state index contributed by atoms with van der Waals surface area (Å²) in [5, 5.41) is 39.9. The Bertz CT molecular complexity index is 961. The SMILES string of the molecule is CCCCC(CC)C1OC2(c3cccc(Cl)c3)OC(=N)C(C#N)(C2C)C1(C#N)C#N. The van der Waals surface area contributed by atoms with E-state index in [1.165, 1.54) is 0 Å². The summed E-state index contributed by atoms with van der Waals surface area (Å²) in [7, 11) is 0. The maximum Gasteiger partial charge on any atom is 0.243 e. The van der Waals surface area contributed by atoms with E-state index in [4.69, 9.17) is 26.5 Å². The van der Waals surface area contributed by atoms with Crippen LogP contribution in [-0.4, -0.2) is 12.0 Å². The molecular formula is C23H25ClN4O2. The first kappa shape index (κ1) is 22.1. The van der Waals surface area contributed by atoms with Gasteiger partial charge in [-0.1, -0.05) is 63.8 Å². The zero-order valence-corrected chi connectivity index (χ0v) is 18.2. The van der Waals surface area contributed by atoms with Crippen molar-refractivity contribution in [2.45, 2.75) is 58.3 Å². The Balaban J connectivity index is 2.29. The zero-order chi connectivity index (χ0) is 22.2. The molecule has 1 aromatic carbocycles. The highest BCUT2D eigenvalue weighted by Crippen LogP contribution is 2.66. The standard InChI is InChI=1S/C23H25ClN4O2/c1-4-6-8-16(5-2)19-21(12-25,13-26)22(14-27)15(3)23(29-19,30-20(22)28)17-9-7-10-18(24)11-17/h7,9-11,15-16,19,28H,4-6,8H2,1-3H3. The summed E-state index contributed by atoms with van der Waals surface area (Å²) in [4.78, 5) is 0. The van der Waals surface area contributed by atoms with Gasteiger partial charge < -0.3 is 9.47 Å². The Morgan fingerprint density at radius 1 is 1.20 bits per heavy atom. The van der Waals surface area contributed by atoms with E-state index in [-0.39, 0.29) is 5.92 Å². The third-order valence-corrected chi connectivity index (χ3v) is 7.05. The maximum absolute atomic E-state index is 10.3. The lowest BCUT2D eigenvalue weighted by Crippen LogP contribution is -2.62. The first-order valence-electron chi connectivity index (χ1n) is 10.3. The molecule has 2 bridgehead atoms. The van der Waals surface area contributed by atoms with Crippen molar-refractivity contribution in [3.8, 4) is 18.2 Å². The molecule has 0 radical (unpaired) electrons. The van der Waals surface area contributed by atoms with Crippen LogP contribution in [0.5, 0.6) is 0 Å². The van der Waals surface area contributed by atoms with Gasteiger partial charge in [0.05, 0.1) is 30.2 Å². The Hall–Kier alpha value is -2.59. The van der Waals surface area contributed by atoms with Crippen LogP contribution in [0.25, 0.3) is 0 Å². The highest BCUT2D eigenvalue weighted by atomic mass is 35.5. The van der Waals surface area contributed by atoms with Crippen LogP contribution in [0.2, 0.25) is 5.02 Å². The lowest BCUT2D eigenvalue weighted by atomic mass is 9.52. The number of benzene rings is 1. The van der Waals surface area contributed by atoms with Gasteiger partial charge in [-0.2, -0.15) is 15.8 Å². The minimum Gasteiger partial charge on any atom is -0.443 e. The Morgan fingerprint density at radius 3 is 2.43 bits per heavy atom. The zero-order valence-electron chi connectivity index (χ0n) is 17.4. The second kappa shape index (κ2) is 7.92. The van der Waals surface area contributed by atoms with Crippen molar-refractivity contribution >= 4 is 17.5 Å². The van der Waals surface area contributed by atoms with Crippen molar-refractivity contribution in [2.24, 2.45) is 22.7 Å². The van der Waals surface area contributed by atoms with Gasteiger partial charge in [-0.25, -0.2) is 0 Å². The third-order valence-electron chi connectivity index (χ3n) is 6.82. The number of nitriles is 3. The van der Waals surface area contributed by atoms with Crippen molar-refractivity contribution in [1.29, 1.82) is 21.2 Å². The average molecular weight is 425 g/mol. The second-order valence-corrected chi connectivity index (χ2v) is 8.57. The van der Waals surface area contributed by atoms with E-state index in [1.54, 1.807) is 31.2 Å². The summed E-state index contributed by atoms with van der Waals surface area (Å²) in [5.41, 5.74) is -3.03. The first-order chi connectivity index (χ1) is 14.3. The minimum absolute atomic E-state index is 0.141. The second-order valence-electron chi connectivity index (χ2n) is 8.13. The highest BCUT2D eigenvalue weighted by Gasteiger charge is 2.80. The molecule has 1 N–H and O–H groups in total. The fourth-order valence-electron chi connectivity index (χ4n) is 5.08. The fraction of sp³-hybridized carbons (Fsp3) is 0.565. The van der Waals surface area contributed by atoms with Gasteiger partial charge in [0.2, 0.25) is 11.7 Å². The van der Waals surface area contributed by atoms with Crippen LogP contribution in [0.3, 0.4) is 0 Å². The molecule has 0 saturated carbocycles. The Labute approximate surface area is 182 Å². The maximum atomic E-state index is 10.3. The van der Waals surface area contributed by atoms with E-state index in [9.17, 15) is 15.8 Å². The summed E-state index contributed by atoms with van der Waals surface area (Å²) in [6.45, 7) is 5.77. The molecule has 30 heavy (non-hydrogen) atoms. The topological polar surface area (TPSA) is 114 Å². The number of fused-ring (bicyclic) bond motifs is 2. The molecular weight excluding hydrogens is 400 g/mol. The monoisotopic (exact) mass is 424 g/mol. The molecule has 2 heterocycles. The van der Waals surface area contributed by atoms with Gasteiger partial charge in [0.25, 0.3) is 0 Å². The number of hydrogen-bond acceptors (Lipinski definition) is 6. The number of nitrogens with one attached hydrogen (secondary N) is 1. The van der Waals surface area contributed by atoms with Gasteiger partial charge in [-0.3, -0.25) is 5.41 Å². The van der Waals surface area contributed by atoms with Crippen LogP contribution in [0.1, 0.15) is 52.0 Å². The predicted molar refractivity (Wildman–Crippen MR) is 111 cm³/mol. The number of hydrogen-bond donors (Lipinski definition) is 1. The summed E-state index contributed by atoms with van der Waals surface area (Å²) in [5.74, 6) is -2.76. The van der Waals surface area contributed by atoms with E-state index in [0.29, 0.717) is 17.0 Å². The first-order valence-corrected chi connectivity index (χ1v) is 10.7. The van der Waals surface area contributed by atoms with Crippen molar-refractivity contribution in [3.05, 3.63) is 34.9 Å². The number of ether oxygens (including phenoxy) is 2. The molecule has 0 aliphatic carbocycles. The van der Waals surface area contributed by atoms with Crippen LogP contribution >= 0.6 is 11.6 Å². The van der Waals surface area contributed by atoms with Gasteiger partial charge in [-0.15, -0.1) is 0 Å². The predicted octanol–water partition coefficient (Wildman–Crippen LogP) is 5.30. The van der Waals surface area contributed by atoms with E-state index < -0.39 is 34.5 Å². The quantitative estimate of drug-likeness (QED) is 0.665. The number of nitrogens with zero attached hydrogens (tertiary/aromatic N) is 3. The molecule has 0 aromatic heterocycles. The molecule has 5 atom stereocenters. The average Bonchev–Trinajstić information content (AvgIpc) is 2.91. The largest absolute Gasteiger partial charge is 0.443 e. The van der Waals surface area contributed by atoms with Crippen LogP contribution < -0.4 is 0 Å². The molecule has 0 amide bonds. The smallest absolute Gasteiger partial charge is 0.243 e. The lowest BCUT2D eigenvalue weighted by molar-refractivity contribution is -0.296. The Morgan fingerprint density at radius 2 is 1.90 bits per heavy atom. The third kappa shape index (κ3) is 2.66. The molecule has 2 aliphatic rings. The minimum atomic E-state index is -1.86. The summed E-state index contributed by atoms with van der Waals surface area (Å²) < 4.78 is 12.5. The van der Waals surface area contributed by atoms with Crippen molar-refractivity contribution in [3.63, 3.8) is 0 Å². The fourth-order valence-corrected chi connectivity index (χ4v) is 5.27. The summed E-state index contributed by atoms with van der Waals surface area (Å²) in [6.07, 6.45) is 2.40. The van der Waals surface area contributed by atoms with Crippen molar-refractivity contribution < 1.29 is 9.47 Å². The molecule has 2 aliphatic heterocycles. The highest BCUT2D eigenvalue weighted by molar-refractivity contribution is 6.30. The summed E-state index contributed by atoms with van der Waals surface area (Å²) in [6, 6.07) is 13.3. The van der Waals surface area contributed by atoms with Crippen LogP contribution in [0, 0.1) is 62.1 Å². The number of unbranched alkanes of at least 4 members (excludes halogenated alkanes) is 1. The Kier molecular flexibility index (Phi) is 5.83. The molecule has 7 heteroatoms. The molecule has 0 spiro atoms. The molecule has 2 saturated heterocycles. The molecule has 1 aromatic rings. The van der Waals surface area contributed by atoms with Crippen LogP contribution in [0.4, 0.5) is 0 Å². The van der Waals surface area contributed by atoms with Gasteiger partial charge in [-0.05, 0) is 24.5 Å². The van der Waals surface area contributed by atoms with Gasteiger partial charge in [0.1, 0.15) is 0 Å². The molecule has 2 fully saturated rings. The van der Waals surface area contributed by atoms with Crippen LogP contribution in [-0.2, 0) is 15.3 Å². The lowest BCUT2D eigenvalue weighted by Gasteiger charge is -2.51. The number of halogens is 1. The molecule has 3 rings (SSSR count). The van der Waals surface area contributed by atoms with Gasteiger partial charge in [0.15, 0.2) is 10.8 Å². The normalized spacial score (nSPS) is 32.4. The molecule has 156 valence electrons. The van der Waals surface area contributed by atoms with Gasteiger partial charge >= 0.3 is 0 Å². The van der Waals surface area contributed by atoms with E-state index in [1.807, 2.05) is 6.92 Å². The van der Waals surface area contributed by atoms with Crippen molar-refractivity contribution in [2.75, 3.05) is 0 Å². The van der Waals surface area contributed by atoms with E-state index in [0.717, 1.165) is 19.3 Å². The van der Waals surface area contributed by atoms with Crippen molar-refractivity contribution in [1.82, 2.24) is 0 Å².